The Kier molecular flexibility index (Phi) is 3.97. The van der Waals surface area contributed by atoms with E-state index in [1.165, 1.54) is 18.7 Å². The molecule has 1 aromatic carbocycles. The number of hydrogen-bond donors (Lipinski definition) is 2. The molecule has 2 aromatic heterocycles. The number of benzene rings is 1. The monoisotopic (exact) mass is 336 g/mol. The highest BCUT2D eigenvalue weighted by Crippen LogP contribution is 2.28. The van der Waals surface area contributed by atoms with Crippen molar-refractivity contribution in [2.45, 2.75) is 10.8 Å². The molecule has 0 saturated carbocycles. The van der Waals surface area contributed by atoms with Crippen molar-refractivity contribution in [3.63, 3.8) is 0 Å². The number of sulfonamides is 1. The molecule has 0 bridgehead atoms. The number of aromatic nitrogens is 1. The molecule has 0 aliphatic heterocycles. The van der Waals surface area contributed by atoms with Crippen molar-refractivity contribution in [3.8, 4) is 11.3 Å². The van der Waals surface area contributed by atoms with Gasteiger partial charge in [-0.2, -0.15) is 0 Å². The van der Waals surface area contributed by atoms with Gasteiger partial charge >= 0.3 is 0 Å². The van der Waals surface area contributed by atoms with Crippen molar-refractivity contribution < 1.29 is 17.9 Å². The van der Waals surface area contributed by atoms with Crippen LogP contribution in [0.15, 0.2) is 56.9 Å². The van der Waals surface area contributed by atoms with E-state index in [9.17, 15) is 13.5 Å². The van der Waals surface area contributed by atoms with Crippen LogP contribution in [0.25, 0.3) is 11.3 Å². The number of aliphatic hydroxyl groups is 1. The Morgan fingerprint density at radius 3 is 2.82 bits per heavy atom. The van der Waals surface area contributed by atoms with Gasteiger partial charge < -0.3 is 9.52 Å². The van der Waals surface area contributed by atoms with Crippen molar-refractivity contribution in [2.75, 3.05) is 4.72 Å². The smallest absolute Gasteiger partial charge is 0.271 e. The minimum atomic E-state index is -3.61. The van der Waals surface area contributed by atoms with Gasteiger partial charge in [0.05, 0.1) is 12.8 Å². The van der Waals surface area contributed by atoms with Gasteiger partial charge in [-0.3, -0.25) is 4.72 Å². The van der Waals surface area contributed by atoms with Gasteiger partial charge in [0.15, 0.2) is 12.2 Å². The molecule has 6 nitrogen and oxygen atoms in total. The maximum Gasteiger partial charge on any atom is 0.271 e. The van der Waals surface area contributed by atoms with E-state index in [2.05, 4.69) is 9.71 Å². The second kappa shape index (κ2) is 5.91. The number of nitrogens with one attached hydrogen (secondary N) is 1. The summed E-state index contributed by atoms with van der Waals surface area (Å²) in [5.74, 6) is 0.511. The quantitative estimate of drug-likeness (QED) is 0.747. The van der Waals surface area contributed by atoms with Crippen LogP contribution in [0.4, 0.5) is 5.69 Å². The van der Waals surface area contributed by atoms with Gasteiger partial charge in [-0.15, -0.1) is 11.3 Å². The molecule has 0 aliphatic rings. The molecular formula is C14H12N2O4S2. The van der Waals surface area contributed by atoms with Gasteiger partial charge in [0.2, 0.25) is 0 Å². The summed E-state index contributed by atoms with van der Waals surface area (Å²) in [7, 11) is -3.61. The van der Waals surface area contributed by atoms with E-state index >= 15 is 0 Å². The molecule has 0 fully saturated rings. The number of oxazole rings is 1. The summed E-state index contributed by atoms with van der Waals surface area (Å²) in [6.45, 7) is -0.245. The number of aliphatic hydroxyl groups excluding tert-OH is 1. The van der Waals surface area contributed by atoms with Crippen LogP contribution in [0.2, 0.25) is 0 Å². The molecule has 0 unspecified atom stereocenters. The third-order valence-corrected chi connectivity index (χ3v) is 5.76. The maximum atomic E-state index is 12.2. The van der Waals surface area contributed by atoms with Crippen molar-refractivity contribution >= 4 is 27.0 Å². The lowest BCUT2D eigenvalue weighted by molar-refractivity contribution is 0.282. The van der Waals surface area contributed by atoms with Gasteiger partial charge in [-0.05, 0) is 35.2 Å². The molecule has 2 N–H and O–H groups in total. The van der Waals surface area contributed by atoms with Crippen LogP contribution >= 0.6 is 11.3 Å². The molecule has 114 valence electrons. The zero-order valence-electron chi connectivity index (χ0n) is 11.3. The summed E-state index contributed by atoms with van der Waals surface area (Å²) in [6, 6.07) is 8.07. The van der Waals surface area contributed by atoms with Gasteiger partial charge in [0, 0.05) is 11.3 Å². The summed E-state index contributed by atoms with van der Waals surface area (Å²) < 4.78 is 32.3. The SMILES string of the molecule is O=S(=O)(Nc1ccc(-c2cnco2)c(CO)c1)c1cccs1. The van der Waals surface area contributed by atoms with Gasteiger partial charge in [-0.1, -0.05) is 6.07 Å². The minimum absolute atomic E-state index is 0.234. The fourth-order valence-corrected chi connectivity index (χ4v) is 4.04. The van der Waals surface area contributed by atoms with E-state index in [4.69, 9.17) is 4.42 Å². The third-order valence-electron chi connectivity index (χ3n) is 2.99. The van der Waals surface area contributed by atoms with Crippen molar-refractivity contribution in [1.29, 1.82) is 0 Å². The topological polar surface area (TPSA) is 92.4 Å². The molecule has 0 atom stereocenters. The van der Waals surface area contributed by atoms with Gasteiger partial charge in [0.1, 0.15) is 4.21 Å². The molecule has 0 radical (unpaired) electrons. The molecule has 0 amide bonds. The summed E-state index contributed by atoms with van der Waals surface area (Å²) >= 11 is 1.14. The van der Waals surface area contributed by atoms with Crippen LogP contribution in [0, 0.1) is 0 Å². The van der Waals surface area contributed by atoms with Crippen LogP contribution in [0.5, 0.6) is 0 Å². The maximum absolute atomic E-state index is 12.2. The first-order chi connectivity index (χ1) is 10.6. The van der Waals surface area contributed by atoms with E-state index in [-0.39, 0.29) is 10.8 Å². The van der Waals surface area contributed by atoms with E-state index < -0.39 is 10.0 Å². The number of rotatable bonds is 5. The Balaban J connectivity index is 1.93. The van der Waals surface area contributed by atoms with E-state index in [1.807, 2.05) is 0 Å². The van der Waals surface area contributed by atoms with E-state index in [0.29, 0.717) is 22.6 Å². The van der Waals surface area contributed by atoms with Crippen LogP contribution in [-0.2, 0) is 16.6 Å². The standard InChI is InChI=1S/C14H12N2O4S2/c17-8-10-6-11(3-4-12(10)13-7-15-9-20-13)16-22(18,19)14-2-1-5-21-14/h1-7,9,16-17H,8H2. The molecule has 2 heterocycles. The average molecular weight is 336 g/mol. The Morgan fingerprint density at radius 2 is 2.18 bits per heavy atom. The van der Waals surface area contributed by atoms with Crippen molar-refractivity contribution in [1.82, 2.24) is 4.98 Å². The number of anilines is 1. The van der Waals surface area contributed by atoms with Gasteiger partial charge in [-0.25, -0.2) is 13.4 Å². The molecule has 0 aliphatic carbocycles. The summed E-state index contributed by atoms with van der Waals surface area (Å²) in [5.41, 5.74) is 1.59. The molecule has 0 saturated heterocycles. The minimum Gasteiger partial charge on any atom is -0.444 e. The van der Waals surface area contributed by atoms with Crippen LogP contribution in [0.1, 0.15) is 5.56 Å². The second-order valence-corrected chi connectivity index (χ2v) is 7.29. The lowest BCUT2D eigenvalue weighted by Crippen LogP contribution is -2.11. The van der Waals surface area contributed by atoms with Crippen LogP contribution in [0.3, 0.4) is 0 Å². The summed E-state index contributed by atoms with van der Waals surface area (Å²) in [4.78, 5) is 3.83. The molecule has 22 heavy (non-hydrogen) atoms. The number of hydrogen-bond acceptors (Lipinski definition) is 6. The third kappa shape index (κ3) is 2.89. The predicted molar refractivity (Wildman–Crippen MR) is 83.0 cm³/mol. The highest BCUT2D eigenvalue weighted by molar-refractivity contribution is 7.94. The zero-order valence-corrected chi connectivity index (χ0v) is 12.9. The molecule has 3 rings (SSSR count). The largest absolute Gasteiger partial charge is 0.444 e. The fourth-order valence-electron chi connectivity index (χ4n) is 2.00. The van der Waals surface area contributed by atoms with Gasteiger partial charge in [0.25, 0.3) is 10.0 Å². The van der Waals surface area contributed by atoms with E-state index in [0.717, 1.165) is 11.3 Å². The Morgan fingerprint density at radius 1 is 1.32 bits per heavy atom. The fraction of sp³-hybridized carbons (Fsp3) is 0.0714. The first-order valence-electron chi connectivity index (χ1n) is 6.29. The zero-order chi connectivity index (χ0) is 15.6. The lowest BCUT2D eigenvalue weighted by Gasteiger charge is -2.10. The highest BCUT2D eigenvalue weighted by atomic mass is 32.2. The first kappa shape index (κ1) is 14.8. The average Bonchev–Trinajstić information content (AvgIpc) is 3.20. The Bertz CT molecular complexity index is 856. The Hall–Kier alpha value is -2.16. The molecule has 3 aromatic rings. The van der Waals surface area contributed by atoms with Crippen LogP contribution < -0.4 is 4.72 Å². The lowest BCUT2D eigenvalue weighted by atomic mass is 10.1. The Labute approximate surface area is 131 Å². The second-order valence-electron chi connectivity index (χ2n) is 4.43. The predicted octanol–water partition coefficient (Wildman–Crippen LogP) is 2.70. The van der Waals surface area contributed by atoms with E-state index in [1.54, 1.807) is 29.6 Å². The number of nitrogens with zero attached hydrogens (tertiary/aromatic N) is 1. The highest BCUT2D eigenvalue weighted by Gasteiger charge is 2.16. The van der Waals surface area contributed by atoms with Crippen molar-refractivity contribution in [3.05, 3.63) is 53.9 Å². The normalized spacial score (nSPS) is 11.5. The van der Waals surface area contributed by atoms with Crippen molar-refractivity contribution in [2.24, 2.45) is 0 Å². The molecule has 8 heteroatoms. The first-order valence-corrected chi connectivity index (χ1v) is 8.65. The molecular weight excluding hydrogens is 324 g/mol. The summed E-state index contributed by atoms with van der Waals surface area (Å²) in [6.07, 6.45) is 2.83. The molecule has 0 spiro atoms. The van der Waals surface area contributed by atoms with Crippen LogP contribution in [-0.4, -0.2) is 18.5 Å². The number of thiophene rings is 1. The summed E-state index contributed by atoms with van der Waals surface area (Å²) in [5, 5.41) is 11.2.